The van der Waals surface area contributed by atoms with Gasteiger partial charge in [0.25, 0.3) is 0 Å². The molecule has 0 saturated heterocycles. The normalized spacial score (nSPS) is 22.6. The lowest BCUT2D eigenvalue weighted by molar-refractivity contribution is -0.141. The van der Waals surface area contributed by atoms with Crippen molar-refractivity contribution >= 4 is 13.8 Å². The topological polar surface area (TPSA) is 154 Å². The first-order valence-electron chi connectivity index (χ1n) is 8.85. The molecule has 0 saturated carbocycles. The van der Waals surface area contributed by atoms with Crippen LogP contribution in [0.5, 0.6) is 0 Å². The Kier molecular flexibility index (Phi) is 10.4. The van der Waals surface area contributed by atoms with E-state index in [1.165, 1.54) is 43.4 Å². The van der Waals surface area contributed by atoms with E-state index in [1.807, 2.05) is 0 Å². The monoisotopic (exact) mass is 430 g/mol. The quantitative estimate of drug-likeness (QED) is 0.140. The number of aliphatic hydroxyl groups is 3. The first kappa shape index (κ1) is 25.2. The van der Waals surface area contributed by atoms with E-state index >= 15 is 0 Å². The lowest BCUT2D eigenvalue weighted by Gasteiger charge is -2.31. The van der Waals surface area contributed by atoms with Crippen molar-refractivity contribution in [3.05, 3.63) is 60.8 Å². The van der Waals surface area contributed by atoms with Crippen LogP contribution in [0.2, 0.25) is 0 Å². The zero-order valence-corrected chi connectivity index (χ0v) is 16.8. The number of ether oxygens (including phenoxy) is 1. The van der Waals surface area contributed by atoms with Crippen LogP contribution in [0.25, 0.3) is 0 Å². The van der Waals surface area contributed by atoms with E-state index in [2.05, 4.69) is 4.52 Å². The van der Waals surface area contributed by atoms with Crippen LogP contribution in [-0.4, -0.2) is 61.6 Å². The third-order valence-electron chi connectivity index (χ3n) is 3.82. The highest BCUT2D eigenvalue weighted by Gasteiger charge is 2.37. The minimum Gasteiger partial charge on any atom is -0.455 e. The number of allylic oxidation sites excluding steroid dienone is 4. The Morgan fingerprint density at radius 3 is 2.66 bits per heavy atom. The molecule has 0 unspecified atom stereocenters. The van der Waals surface area contributed by atoms with Crippen LogP contribution >= 0.6 is 7.82 Å². The number of aliphatic hydroxyl groups excluding tert-OH is 2. The predicted molar refractivity (Wildman–Crippen MR) is 105 cm³/mol. The van der Waals surface area contributed by atoms with Gasteiger partial charge in [0, 0.05) is 18.9 Å². The Morgan fingerprint density at radius 2 is 2.03 bits per heavy atom. The molecule has 0 radical (unpaired) electrons. The van der Waals surface area contributed by atoms with E-state index in [-0.39, 0.29) is 13.0 Å². The first-order valence-corrected chi connectivity index (χ1v) is 10.4. The van der Waals surface area contributed by atoms with Crippen molar-refractivity contribution in [3.8, 4) is 0 Å². The summed E-state index contributed by atoms with van der Waals surface area (Å²) >= 11 is 0. The van der Waals surface area contributed by atoms with Gasteiger partial charge in [-0.25, -0.2) is 9.36 Å². The maximum atomic E-state index is 11.3. The molecule has 29 heavy (non-hydrogen) atoms. The van der Waals surface area contributed by atoms with E-state index in [1.54, 1.807) is 24.3 Å². The van der Waals surface area contributed by atoms with Crippen molar-refractivity contribution in [1.29, 1.82) is 0 Å². The number of carbonyl (C=O) groups is 1. The lowest BCUT2D eigenvalue weighted by Crippen LogP contribution is -2.41. The van der Waals surface area contributed by atoms with Gasteiger partial charge >= 0.3 is 13.8 Å². The van der Waals surface area contributed by atoms with Gasteiger partial charge in [0.05, 0.1) is 12.7 Å². The summed E-state index contributed by atoms with van der Waals surface area (Å²) in [5.74, 6) is -0.531. The van der Waals surface area contributed by atoms with Gasteiger partial charge < -0.3 is 29.8 Å². The maximum Gasteiger partial charge on any atom is 0.469 e. The summed E-state index contributed by atoms with van der Waals surface area (Å²) < 4.78 is 21.0. The van der Waals surface area contributed by atoms with Crippen molar-refractivity contribution in [3.63, 3.8) is 0 Å². The smallest absolute Gasteiger partial charge is 0.455 e. The minimum atomic E-state index is -4.96. The summed E-state index contributed by atoms with van der Waals surface area (Å²) in [6.45, 7) is 1.16. The van der Waals surface area contributed by atoms with Gasteiger partial charge in [-0.15, -0.1) is 0 Å². The Hall–Kier alpha value is -1.84. The molecule has 1 aliphatic rings. The van der Waals surface area contributed by atoms with Crippen LogP contribution in [-0.2, 0) is 18.6 Å². The molecule has 1 heterocycles. The van der Waals surface area contributed by atoms with E-state index in [9.17, 15) is 19.6 Å². The molecule has 0 aromatic carbocycles. The number of phosphoric acid groups is 1. The fraction of sp³-hybridized carbons (Fsp3) is 0.421. The third kappa shape index (κ3) is 11.1. The van der Waals surface area contributed by atoms with Crippen LogP contribution in [0.1, 0.15) is 19.8 Å². The molecule has 0 bridgehead atoms. The van der Waals surface area contributed by atoms with Crippen molar-refractivity contribution in [2.24, 2.45) is 0 Å². The number of hydrogen-bond acceptors (Lipinski definition) is 7. The van der Waals surface area contributed by atoms with Crippen LogP contribution < -0.4 is 0 Å². The molecular formula is C19H27O9P. The summed E-state index contributed by atoms with van der Waals surface area (Å²) in [6.07, 6.45) is 11.5. The van der Waals surface area contributed by atoms with Crippen LogP contribution in [0.15, 0.2) is 60.8 Å². The summed E-state index contributed by atoms with van der Waals surface area (Å²) in [4.78, 5) is 29.6. The molecule has 10 heteroatoms. The summed E-state index contributed by atoms with van der Waals surface area (Å²) in [5.41, 5.74) is -1.87. The SMILES string of the molecule is C[C@@](O)(/C=C\[C@H]1CC=CC(=O)O1)[C@@H](C[C@@H](O)/C=C/C=C/C=C/CO)OP(=O)(O)O. The zero-order chi connectivity index (χ0) is 21.9. The number of phosphoric ester groups is 1. The fourth-order valence-electron chi connectivity index (χ4n) is 2.37. The average Bonchev–Trinajstić information content (AvgIpc) is 2.61. The van der Waals surface area contributed by atoms with E-state index in [4.69, 9.17) is 19.6 Å². The van der Waals surface area contributed by atoms with Crippen molar-refractivity contribution in [2.45, 2.75) is 43.7 Å². The van der Waals surface area contributed by atoms with Gasteiger partial charge in [-0.2, -0.15) is 0 Å². The standard InChI is InChI=1S/C19H27O9P/c1-19(23,12-11-16-9-7-10-18(22)27-16)17(28-29(24,25)26)14-15(21)8-5-3-2-4-6-13-20/h2-8,10-12,15-17,20-21,23H,9,13-14H2,1H3,(H2,24,25,26)/b3-2+,6-4+,8-5+,12-11-/t15-,16+,17+,19+/m0/s1. The molecule has 0 fully saturated rings. The van der Waals surface area contributed by atoms with Gasteiger partial charge in [-0.05, 0) is 13.0 Å². The van der Waals surface area contributed by atoms with Gasteiger partial charge in [0.2, 0.25) is 0 Å². The molecule has 0 amide bonds. The highest BCUT2D eigenvalue weighted by molar-refractivity contribution is 7.46. The van der Waals surface area contributed by atoms with E-state index < -0.39 is 37.7 Å². The zero-order valence-electron chi connectivity index (χ0n) is 15.9. The Morgan fingerprint density at radius 1 is 1.34 bits per heavy atom. The lowest BCUT2D eigenvalue weighted by atomic mass is 9.93. The van der Waals surface area contributed by atoms with Crippen LogP contribution in [0.4, 0.5) is 0 Å². The minimum absolute atomic E-state index is 0.100. The second kappa shape index (κ2) is 12.0. The van der Waals surface area contributed by atoms with Crippen molar-refractivity contribution in [2.75, 3.05) is 6.61 Å². The number of cyclic esters (lactones) is 1. The first-order chi connectivity index (χ1) is 13.5. The van der Waals surface area contributed by atoms with Crippen LogP contribution in [0.3, 0.4) is 0 Å². The van der Waals surface area contributed by atoms with Crippen molar-refractivity contribution in [1.82, 2.24) is 0 Å². The molecular weight excluding hydrogens is 403 g/mol. The Labute approximate surface area is 169 Å². The van der Waals surface area contributed by atoms with Crippen molar-refractivity contribution < 1.29 is 43.7 Å². The number of esters is 1. The molecule has 1 aliphatic heterocycles. The Bertz CT molecular complexity index is 715. The summed E-state index contributed by atoms with van der Waals surface area (Å²) in [5, 5.41) is 29.4. The number of hydrogen-bond donors (Lipinski definition) is 5. The average molecular weight is 430 g/mol. The van der Waals surface area contributed by atoms with E-state index in [0.29, 0.717) is 6.42 Å². The second-order valence-electron chi connectivity index (χ2n) is 6.47. The molecule has 0 aliphatic carbocycles. The molecule has 1 rings (SSSR count). The molecule has 0 aromatic heterocycles. The molecule has 0 aromatic rings. The van der Waals surface area contributed by atoms with E-state index in [0.717, 1.165) is 0 Å². The fourth-order valence-corrected chi connectivity index (χ4v) is 3.01. The molecule has 9 nitrogen and oxygen atoms in total. The summed E-state index contributed by atoms with van der Waals surface area (Å²) in [6, 6.07) is 0. The van der Waals surface area contributed by atoms with Gasteiger partial charge in [-0.3, -0.25) is 4.52 Å². The largest absolute Gasteiger partial charge is 0.469 e. The van der Waals surface area contributed by atoms with Crippen LogP contribution in [0, 0.1) is 0 Å². The molecule has 162 valence electrons. The maximum absolute atomic E-state index is 11.3. The molecule has 0 spiro atoms. The number of rotatable bonds is 11. The highest BCUT2D eigenvalue weighted by atomic mass is 31.2. The predicted octanol–water partition coefficient (Wildman–Crippen LogP) is 1.06. The van der Waals surface area contributed by atoms with Gasteiger partial charge in [-0.1, -0.05) is 48.6 Å². The van der Waals surface area contributed by atoms with Gasteiger partial charge in [0.1, 0.15) is 17.8 Å². The van der Waals surface area contributed by atoms with Gasteiger partial charge in [0.15, 0.2) is 0 Å². The summed E-state index contributed by atoms with van der Waals surface area (Å²) in [7, 11) is -4.96. The number of carbonyl (C=O) groups excluding carboxylic acids is 1. The molecule has 4 atom stereocenters. The second-order valence-corrected chi connectivity index (χ2v) is 7.66. The Balaban J connectivity index is 2.84. The molecule has 5 N–H and O–H groups in total. The highest BCUT2D eigenvalue weighted by Crippen LogP contribution is 2.41. The third-order valence-corrected chi connectivity index (χ3v) is 4.35.